The van der Waals surface area contributed by atoms with Gasteiger partial charge in [-0.2, -0.15) is 0 Å². The number of nitrogens with two attached hydrogens (primary N) is 2. The summed E-state index contributed by atoms with van der Waals surface area (Å²) in [6.07, 6.45) is 0. The van der Waals surface area contributed by atoms with E-state index in [4.69, 9.17) is 11.5 Å². The van der Waals surface area contributed by atoms with Crippen molar-refractivity contribution in [3.05, 3.63) is 59.7 Å². The van der Waals surface area contributed by atoms with Crippen molar-refractivity contribution >= 4 is 0 Å². The summed E-state index contributed by atoms with van der Waals surface area (Å²) in [5, 5.41) is 18.4. The van der Waals surface area contributed by atoms with Crippen LogP contribution in [0.15, 0.2) is 48.5 Å². The highest BCUT2D eigenvalue weighted by Gasteiger charge is 2.17. The van der Waals surface area contributed by atoms with Gasteiger partial charge in [-0.05, 0) is 35.4 Å². The SMILES string of the molecule is N[C@H](c1ccc(O)cc1)[C@@H](N)c1ccc(O)cc1. The number of hydrogen-bond acceptors (Lipinski definition) is 4. The minimum Gasteiger partial charge on any atom is -0.508 e. The molecule has 0 spiro atoms. The molecule has 0 unspecified atom stereocenters. The van der Waals surface area contributed by atoms with E-state index < -0.39 is 0 Å². The fraction of sp³-hybridized carbons (Fsp3) is 0.143. The van der Waals surface area contributed by atoms with Crippen LogP contribution in [-0.4, -0.2) is 10.2 Å². The third kappa shape index (κ3) is 2.61. The lowest BCUT2D eigenvalue weighted by atomic mass is 9.95. The lowest BCUT2D eigenvalue weighted by Gasteiger charge is -2.20. The van der Waals surface area contributed by atoms with Gasteiger partial charge in [-0.1, -0.05) is 24.3 Å². The zero-order valence-electron chi connectivity index (χ0n) is 9.82. The zero-order chi connectivity index (χ0) is 13.1. The van der Waals surface area contributed by atoms with Crippen molar-refractivity contribution in [2.45, 2.75) is 12.1 Å². The normalized spacial score (nSPS) is 14.1. The highest BCUT2D eigenvalue weighted by atomic mass is 16.3. The summed E-state index contributed by atoms with van der Waals surface area (Å²) < 4.78 is 0. The standard InChI is InChI=1S/C14H16N2O2/c15-13(9-1-5-11(17)6-2-9)14(16)10-3-7-12(18)8-4-10/h1-8,13-14,17-18H,15-16H2/t13-,14+. The van der Waals surface area contributed by atoms with E-state index in [9.17, 15) is 10.2 Å². The highest BCUT2D eigenvalue weighted by molar-refractivity contribution is 5.33. The Labute approximate surface area is 105 Å². The molecule has 0 amide bonds. The number of aromatic hydroxyl groups is 2. The average Bonchev–Trinajstić information content (AvgIpc) is 2.39. The number of phenolic OH excluding ortho intramolecular Hbond substituents is 2. The molecule has 94 valence electrons. The van der Waals surface area contributed by atoms with E-state index in [1.54, 1.807) is 48.5 Å². The van der Waals surface area contributed by atoms with Gasteiger partial charge >= 0.3 is 0 Å². The van der Waals surface area contributed by atoms with Crippen molar-refractivity contribution in [2.75, 3.05) is 0 Å². The van der Waals surface area contributed by atoms with E-state index in [2.05, 4.69) is 0 Å². The fourth-order valence-electron chi connectivity index (χ4n) is 1.81. The van der Waals surface area contributed by atoms with Crippen LogP contribution in [0, 0.1) is 0 Å². The Morgan fingerprint density at radius 2 is 0.889 bits per heavy atom. The summed E-state index contributed by atoms with van der Waals surface area (Å²) >= 11 is 0. The molecule has 0 aromatic heterocycles. The van der Waals surface area contributed by atoms with Crippen LogP contribution in [0.2, 0.25) is 0 Å². The van der Waals surface area contributed by atoms with Crippen molar-refractivity contribution in [3.8, 4) is 11.5 Å². The molecule has 0 bridgehead atoms. The van der Waals surface area contributed by atoms with Crippen LogP contribution >= 0.6 is 0 Å². The summed E-state index contributed by atoms with van der Waals surface area (Å²) in [6.45, 7) is 0. The Kier molecular flexibility index (Phi) is 3.50. The minimum absolute atomic E-state index is 0.198. The second-order valence-corrected chi connectivity index (χ2v) is 4.23. The van der Waals surface area contributed by atoms with E-state index in [1.807, 2.05) is 0 Å². The van der Waals surface area contributed by atoms with Crippen LogP contribution in [-0.2, 0) is 0 Å². The fourth-order valence-corrected chi connectivity index (χ4v) is 1.81. The van der Waals surface area contributed by atoms with Gasteiger partial charge in [0.15, 0.2) is 0 Å². The molecule has 0 radical (unpaired) electrons. The monoisotopic (exact) mass is 244 g/mol. The number of phenols is 2. The lowest BCUT2D eigenvalue weighted by molar-refractivity contribution is 0.472. The number of benzene rings is 2. The predicted molar refractivity (Wildman–Crippen MR) is 70.1 cm³/mol. The molecule has 2 rings (SSSR count). The van der Waals surface area contributed by atoms with E-state index in [1.165, 1.54) is 0 Å². The molecule has 0 aliphatic rings. The third-order valence-corrected chi connectivity index (χ3v) is 2.94. The molecule has 0 saturated carbocycles. The van der Waals surface area contributed by atoms with Gasteiger partial charge in [0.1, 0.15) is 11.5 Å². The van der Waals surface area contributed by atoms with Crippen LogP contribution in [0.5, 0.6) is 11.5 Å². The molecule has 18 heavy (non-hydrogen) atoms. The highest BCUT2D eigenvalue weighted by Crippen LogP contribution is 2.26. The minimum atomic E-state index is -0.366. The number of hydrogen-bond donors (Lipinski definition) is 4. The first-order valence-corrected chi connectivity index (χ1v) is 5.67. The average molecular weight is 244 g/mol. The van der Waals surface area contributed by atoms with Crippen molar-refractivity contribution < 1.29 is 10.2 Å². The predicted octanol–water partition coefficient (Wildman–Crippen LogP) is 1.80. The van der Waals surface area contributed by atoms with Gasteiger partial charge in [-0.15, -0.1) is 0 Å². The first kappa shape index (κ1) is 12.4. The summed E-state index contributed by atoms with van der Waals surface area (Å²) in [7, 11) is 0. The Morgan fingerprint density at radius 3 is 1.17 bits per heavy atom. The number of rotatable bonds is 3. The second kappa shape index (κ2) is 5.08. The van der Waals surface area contributed by atoms with Gasteiger partial charge in [0.05, 0.1) is 0 Å². The largest absolute Gasteiger partial charge is 0.508 e. The molecule has 6 N–H and O–H groups in total. The van der Waals surface area contributed by atoms with Gasteiger partial charge < -0.3 is 21.7 Å². The maximum atomic E-state index is 9.22. The van der Waals surface area contributed by atoms with E-state index in [-0.39, 0.29) is 23.6 Å². The molecule has 2 aromatic rings. The molecule has 4 nitrogen and oxygen atoms in total. The molecule has 2 atom stereocenters. The van der Waals surface area contributed by atoms with Crippen molar-refractivity contribution in [1.29, 1.82) is 0 Å². The Balaban J connectivity index is 2.20. The molecule has 0 aliphatic heterocycles. The Hall–Kier alpha value is -2.04. The van der Waals surface area contributed by atoms with Crippen molar-refractivity contribution in [2.24, 2.45) is 11.5 Å². The lowest BCUT2D eigenvalue weighted by Crippen LogP contribution is -2.26. The molecule has 4 heteroatoms. The maximum absolute atomic E-state index is 9.22. The molecule has 0 fully saturated rings. The molecule has 0 heterocycles. The van der Waals surface area contributed by atoms with Crippen molar-refractivity contribution in [3.63, 3.8) is 0 Å². The van der Waals surface area contributed by atoms with Gasteiger partial charge in [0, 0.05) is 12.1 Å². The van der Waals surface area contributed by atoms with Crippen LogP contribution in [0.25, 0.3) is 0 Å². The molecular weight excluding hydrogens is 228 g/mol. The van der Waals surface area contributed by atoms with Gasteiger partial charge in [0.25, 0.3) is 0 Å². The second-order valence-electron chi connectivity index (χ2n) is 4.23. The van der Waals surface area contributed by atoms with Gasteiger partial charge in [-0.25, -0.2) is 0 Å². The quantitative estimate of drug-likeness (QED) is 0.662. The smallest absolute Gasteiger partial charge is 0.115 e. The van der Waals surface area contributed by atoms with E-state index in [0.29, 0.717) is 0 Å². The van der Waals surface area contributed by atoms with Crippen LogP contribution in [0.3, 0.4) is 0 Å². The summed E-state index contributed by atoms with van der Waals surface area (Å²) in [5.74, 6) is 0.397. The summed E-state index contributed by atoms with van der Waals surface area (Å²) in [4.78, 5) is 0. The maximum Gasteiger partial charge on any atom is 0.115 e. The molecule has 0 aliphatic carbocycles. The van der Waals surface area contributed by atoms with Gasteiger partial charge in [-0.3, -0.25) is 0 Å². The van der Waals surface area contributed by atoms with Crippen LogP contribution in [0.4, 0.5) is 0 Å². The van der Waals surface area contributed by atoms with Crippen LogP contribution in [0.1, 0.15) is 23.2 Å². The first-order chi connectivity index (χ1) is 8.58. The first-order valence-electron chi connectivity index (χ1n) is 5.67. The summed E-state index contributed by atoms with van der Waals surface area (Å²) in [6, 6.07) is 12.6. The van der Waals surface area contributed by atoms with Crippen LogP contribution < -0.4 is 11.5 Å². The van der Waals surface area contributed by atoms with Gasteiger partial charge in [0.2, 0.25) is 0 Å². The molecular formula is C14H16N2O2. The molecule has 0 saturated heterocycles. The Morgan fingerprint density at radius 1 is 0.611 bits per heavy atom. The van der Waals surface area contributed by atoms with Crippen molar-refractivity contribution in [1.82, 2.24) is 0 Å². The van der Waals surface area contributed by atoms with E-state index in [0.717, 1.165) is 11.1 Å². The Bertz CT molecular complexity index is 459. The van der Waals surface area contributed by atoms with E-state index >= 15 is 0 Å². The zero-order valence-corrected chi connectivity index (χ0v) is 9.82. The molecule has 2 aromatic carbocycles. The topological polar surface area (TPSA) is 92.5 Å². The summed E-state index contributed by atoms with van der Waals surface area (Å²) in [5.41, 5.74) is 13.9. The third-order valence-electron chi connectivity index (χ3n) is 2.94.